The van der Waals surface area contributed by atoms with Crippen molar-refractivity contribution < 1.29 is 44.0 Å². The summed E-state index contributed by atoms with van der Waals surface area (Å²) in [6.45, 7) is 24.1. The molecular weight excluding hydrogens is 662 g/mol. The van der Waals surface area contributed by atoms with Gasteiger partial charge in [-0.1, -0.05) is 67.9 Å². The molecule has 5 saturated carbocycles. The molecule has 5 rings (SSSR count). The third-order valence-corrected chi connectivity index (χ3v) is 14.4. The topological polar surface area (TPSA) is 167 Å². The van der Waals surface area contributed by atoms with Crippen LogP contribution in [0.25, 0.3) is 0 Å². The lowest BCUT2D eigenvalue weighted by molar-refractivity contribution is -0.188. The third-order valence-electron chi connectivity index (χ3n) is 14.4. The van der Waals surface area contributed by atoms with Crippen molar-refractivity contribution in [2.24, 2.45) is 68.5 Å². The number of ether oxygens (including phenoxy) is 1. The zero-order chi connectivity index (χ0) is 39.8. The van der Waals surface area contributed by atoms with Crippen LogP contribution in [-0.2, 0) is 28.7 Å². The van der Waals surface area contributed by atoms with Crippen LogP contribution in [-0.4, -0.2) is 57.2 Å². The molecule has 0 aromatic rings. The van der Waals surface area contributed by atoms with E-state index in [2.05, 4.69) is 25.7 Å². The van der Waals surface area contributed by atoms with Gasteiger partial charge in [0, 0.05) is 0 Å². The van der Waals surface area contributed by atoms with Gasteiger partial charge >= 0.3 is 23.9 Å². The van der Waals surface area contributed by atoms with E-state index in [4.69, 9.17) is 4.74 Å². The first kappa shape index (κ1) is 43.5. The van der Waals surface area contributed by atoms with Crippen LogP contribution in [0.1, 0.15) is 140 Å². The van der Waals surface area contributed by atoms with Gasteiger partial charge < -0.3 is 25.4 Å². The molecule has 5 aliphatic rings. The normalized spacial score (nSPS) is 38.1. The Labute approximate surface area is 312 Å². The smallest absolute Gasteiger partial charge is 0.326 e. The van der Waals surface area contributed by atoms with Crippen molar-refractivity contribution in [3.8, 4) is 0 Å². The first-order chi connectivity index (χ1) is 24.0. The Morgan fingerprint density at radius 2 is 1.46 bits per heavy atom. The summed E-state index contributed by atoms with van der Waals surface area (Å²) in [6.07, 6.45) is 8.32. The minimum Gasteiger partial charge on any atom is -0.481 e. The van der Waals surface area contributed by atoms with Crippen molar-refractivity contribution in [3.63, 3.8) is 0 Å². The number of carboxylic acid groups (broad SMARTS) is 3. The van der Waals surface area contributed by atoms with Gasteiger partial charge in [0.2, 0.25) is 5.91 Å². The van der Waals surface area contributed by atoms with Gasteiger partial charge in [-0.3, -0.25) is 19.2 Å². The van der Waals surface area contributed by atoms with Crippen molar-refractivity contribution in [2.75, 3.05) is 0 Å². The Balaban J connectivity index is 0.00000139. The summed E-state index contributed by atoms with van der Waals surface area (Å²) in [5.74, 6) is -4.01. The van der Waals surface area contributed by atoms with Crippen LogP contribution in [0.5, 0.6) is 0 Å². The maximum atomic E-state index is 14.1. The molecule has 0 saturated heterocycles. The van der Waals surface area contributed by atoms with Gasteiger partial charge in [0.25, 0.3) is 0 Å². The number of hydrogen-bond acceptors (Lipinski definition) is 6. The number of nitrogens with one attached hydrogen (secondary N) is 1. The monoisotopic (exact) mass is 731 g/mol. The molecule has 296 valence electrons. The second-order valence-electron chi connectivity index (χ2n) is 18.6. The Bertz CT molecular complexity index is 1370. The average molecular weight is 732 g/mol. The van der Waals surface area contributed by atoms with Crippen LogP contribution >= 0.6 is 0 Å². The minimum atomic E-state index is -1.32. The molecule has 0 spiro atoms. The number of amides is 1. The SMILES string of the molecule is C=CC.CC.C[C@H]1C(OC(=O)CC(C)(C)C(=O)O)[C@H](C(=O)O)C2(C)C1CCC1(C)C3CCC4(C(=O)NC(C(=O)O)C(C)(C)C)CCCC4C3CCC12. The number of fused-ring (bicyclic) bond motifs is 7. The van der Waals surface area contributed by atoms with E-state index in [1.54, 1.807) is 6.08 Å². The molecule has 0 heterocycles. The maximum absolute atomic E-state index is 14.1. The fourth-order valence-corrected chi connectivity index (χ4v) is 12.2. The number of aliphatic carboxylic acids is 3. The fraction of sp³-hybridized carbons (Fsp3) is 0.833. The van der Waals surface area contributed by atoms with Crippen LogP contribution in [0.15, 0.2) is 12.7 Å². The predicted molar refractivity (Wildman–Crippen MR) is 200 cm³/mol. The largest absolute Gasteiger partial charge is 0.481 e. The van der Waals surface area contributed by atoms with E-state index in [9.17, 15) is 39.3 Å². The van der Waals surface area contributed by atoms with E-state index in [1.807, 2.05) is 48.5 Å². The van der Waals surface area contributed by atoms with Gasteiger partial charge in [-0.2, -0.15) is 0 Å². The van der Waals surface area contributed by atoms with Gasteiger partial charge in [0.05, 0.1) is 23.2 Å². The van der Waals surface area contributed by atoms with Gasteiger partial charge in [0.15, 0.2) is 0 Å². The second kappa shape index (κ2) is 15.8. The first-order valence-corrected chi connectivity index (χ1v) is 19.8. The van der Waals surface area contributed by atoms with E-state index in [-0.39, 0.29) is 41.4 Å². The van der Waals surface area contributed by atoms with Crippen LogP contribution in [0.2, 0.25) is 0 Å². The standard InChI is InChI=1S/C37H57NO9.C3H6.C2H6/c1-19-21-13-16-35(7)22-14-17-37(31(44)38-28(30(42)43)33(2,3)4)15-9-10-23(37)20(22)11-12-24(35)36(21,8)26(29(40)41)27(19)47-25(39)18-34(5,6)32(45)46;1-3-2;1-2/h19-24,26-28H,9-18H2,1-8H3,(H,38,44)(H,40,41)(H,42,43)(H,45,46);3H,1H2,2H3;1-2H3/t19-,20?,21?,22?,23?,24?,26-,27?,28?,35?,36?,37?;;/m1../s1. The number of esters is 1. The Morgan fingerprint density at radius 3 is 1.98 bits per heavy atom. The van der Waals surface area contributed by atoms with E-state index in [0.717, 1.165) is 51.4 Å². The molecule has 10 unspecified atom stereocenters. The molecule has 12 atom stereocenters. The zero-order valence-electron chi connectivity index (χ0n) is 33.8. The summed E-state index contributed by atoms with van der Waals surface area (Å²) in [5, 5.41) is 33.2. The van der Waals surface area contributed by atoms with Gasteiger partial charge in [-0.25, -0.2) is 4.79 Å². The zero-order valence-corrected chi connectivity index (χ0v) is 33.8. The summed E-state index contributed by atoms with van der Waals surface area (Å²) in [4.78, 5) is 64.2. The summed E-state index contributed by atoms with van der Waals surface area (Å²) < 4.78 is 5.96. The molecule has 0 aromatic heterocycles. The van der Waals surface area contributed by atoms with Crippen LogP contribution < -0.4 is 5.32 Å². The third kappa shape index (κ3) is 7.42. The van der Waals surface area contributed by atoms with Crippen molar-refractivity contribution in [2.45, 2.75) is 153 Å². The number of allylic oxidation sites excluding steroid dienone is 1. The minimum absolute atomic E-state index is 0.0498. The lowest BCUT2D eigenvalue weighted by Crippen LogP contribution is -2.62. The van der Waals surface area contributed by atoms with Crippen molar-refractivity contribution in [1.82, 2.24) is 5.32 Å². The molecule has 5 aliphatic carbocycles. The number of carbonyl (C=O) groups excluding carboxylic acids is 2. The molecule has 0 bridgehead atoms. The molecule has 10 heteroatoms. The van der Waals surface area contributed by atoms with Crippen LogP contribution in [0.3, 0.4) is 0 Å². The van der Waals surface area contributed by atoms with Gasteiger partial charge in [0.1, 0.15) is 12.1 Å². The summed E-state index contributed by atoms with van der Waals surface area (Å²) >= 11 is 0. The Hall–Kier alpha value is -2.91. The van der Waals surface area contributed by atoms with Crippen LogP contribution in [0, 0.1) is 68.5 Å². The molecule has 10 nitrogen and oxygen atoms in total. The van der Waals surface area contributed by atoms with Crippen molar-refractivity contribution in [3.05, 3.63) is 12.7 Å². The highest BCUT2D eigenvalue weighted by Crippen LogP contribution is 2.73. The van der Waals surface area contributed by atoms with Gasteiger partial charge in [-0.15, -0.1) is 6.58 Å². The molecule has 0 aliphatic heterocycles. The Kier molecular flexibility index (Phi) is 13.2. The molecular formula is C42H69NO9. The highest BCUT2D eigenvalue weighted by Gasteiger charge is 2.71. The lowest BCUT2D eigenvalue weighted by atomic mass is 9.39. The van der Waals surface area contributed by atoms with E-state index in [1.165, 1.54) is 13.8 Å². The second-order valence-corrected chi connectivity index (χ2v) is 18.6. The van der Waals surface area contributed by atoms with E-state index < -0.39 is 63.6 Å². The summed E-state index contributed by atoms with van der Waals surface area (Å²) in [5.41, 5.74) is -3.27. The van der Waals surface area contributed by atoms with Crippen molar-refractivity contribution in [1.29, 1.82) is 0 Å². The van der Waals surface area contributed by atoms with E-state index in [0.29, 0.717) is 18.3 Å². The van der Waals surface area contributed by atoms with Crippen LogP contribution in [0.4, 0.5) is 0 Å². The van der Waals surface area contributed by atoms with Crippen molar-refractivity contribution >= 4 is 29.8 Å². The fourth-order valence-electron chi connectivity index (χ4n) is 12.2. The quantitative estimate of drug-likeness (QED) is 0.142. The Morgan fingerprint density at radius 1 is 0.885 bits per heavy atom. The molecule has 0 radical (unpaired) electrons. The lowest BCUT2D eigenvalue weighted by Gasteiger charge is -2.65. The first-order valence-electron chi connectivity index (χ1n) is 19.8. The summed E-state index contributed by atoms with van der Waals surface area (Å²) in [6, 6.07) is -0.971. The number of carbonyl (C=O) groups is 5. The highest BCUT2D eigenvalue weighted by atomic mass is 16.5. The predicted octanol–water partition coefficient (Wildman–Crippen LogP) is 8.23. The molecule has 52 heavy (non-hydrogen) atoms. The van der Waals surface area contributed by atoms with Gasteiger partial charge in [-0.05, 0) is 124 Å². The molecule has 1 amide bonds. The summed E-state index contributed by atoms with van der Waals surface area (Å²) in [7, 11) is 0. The number of hydrogen-bond donors (Lipinski definition) is 4. The number of rotatable bonds is 8. The molecule has 5 fully saturated rings. The molecule has 0 aromatic carbocycles. The average Bonchev–Trinajstić information content (AvgIpc) is 3.57. The number of carboxylic acids is 3. The highest BCUT2D eigenvalue weighted by molar-refractivity contribution is 5.88. The van der Waals surface area contributed by atoms with E-state index >= 15 is 0 Å². The molecule has 4 N–H and O–H groups in total. The maximum Gasteiger partial charge on any atom is 0.326 e.